The first kappa shape index (κ1) is 18.8. The van der Waals surface area contributed by atoms with Gasteiger partial charge in [0.1, 0.15) is 0 Å². The number of benzene rings is 1. The monoisotopic (exact) mass is 304 g/mol. The molecule has 1 aromatic carbocycles. The molecule has 0 heteroatoms. The van der Waals surface area contributed by atoms with Crippen LogP contribution in [0.15, 0.2) is 61.2 Å². The maximum atomic E-state index is 4.00. The van der Waals surface area contributed by atoms with E-state index in [-0.39, 0.29) is 0 Å². The highest BCUT2D eigenvalue weighted by Gasteiger charge is 2.34. The Bertz CT molecular complexity index is 622. The predicted octanol–water partition coefficient (Wildman–Crippen LogP) is 6.53. The van der Waals surface area contributed by atoms with Gasteiger partial charge >= 0.3 is 0 Å². The molecule has 0 radical (unpaired) electrons. The topological polar surface area (TPSA) is 0 Å². The molecule has 120 valence electrons. The first-order chi connectivity index (χ1) is 11.3. The van der Waals surface area contributed by atoms with Crippen LogP contribution in [0.5, 0.6) is 0 Å². The summed E-state index contributed by atoms with van der Waals surface area (Å²) in [5.74, 6) is 1.63. The highest BCUT2D eigenvalue weighted by atomic mass is 14.4. The zero-order chi connectivity index (χ0) is 17.2. The molecule has 2 aliphatic rings. The highest BCUT2D eigenvalue weighted by molar-refractivity contribution is 5.80. The van der Waals surface area contributed by atoms with Crippen LogP contribution in [-0.4, -0.2) is 0 Å². The highest BCUT2D eigenvalue weighted by Crippen LogP contribution is 2.46. The van der Waals surface area contributed by atoms with E-state index in [1.807, 2.05) is 19.9 Å². The number of rotatable bonds is 4. The SMILES string of the molecule is C#C.C=C/C(=C\CC)c1cccc(C2=CC3CC3C=C2)c1.CC. The molecule has 2 unspecified atom stereocenters. The van der Waals surface area contributed by atoms with Gasteiger partial charge in [-0.2, -0.15) is 0 Å². The van der Waals surface area contributed by atoms with Crippen molar-refractivity contribution in [2.45, 2.75) is 33.6 Å². The van der Waals surface area contributed by atoms with Crippen LogP contribution in [-0.2, 0) is 0 Å². The van der Waals surface area contributed by atoms with E-state index in [0.717, 1.165) is 18.3 Å². The lowest BCUT2D eigenvalue weighted by atomic mass is 9.95. The summed E-state index contributed by atoms with van der Waals surface area (Å²) in [7, 11) is 0. The molecule has 0 heterocycles. The lowest BCUT2D eigenvalue weighted by molar-refractivity contribution is 0.985. The lowest BCUT2D eigenvalue weighted by Gasteiger charge is -2.09. The van der Waals surface area contributed by atoms with Gasteiger partial charge in [-0.25, -0.2) is 0 Å². The fourth-order valence-corrected chi connectivity index (χ4v) is 2.77. The number of allylic oxidation sites excluding steroid dienone is 7. The Hall–Kier alpha value is -2.26. The van der Waals surface area contributed by atoms with Crippen molar-refractivity contribution in [3.8, 4) is 12.8 Å². The van der Waals surface area contributed by atoms with Crippen molar-refractivity contribution in [2.75, 3.05) is 0 Å². The van der Waals surface area contributed by atoms with Gasteiger partial charge in [-0.15, -0.1) is 12.8 Å². The van der Waals surface area contributed by atoms with Gasteiger partial charge in [0.25, 0.3) is 0 Å². The van der Waals surface area contributed by atoms with E-state index in [0.29, 0.717) is 0 Å². The normalized spacial score (nSPS) is 20.7. The van der Waals surface area contributed by atoms with Crippen molar-refractivity contribution >= 4 is 11.1 Å². The Kier molecular flexibility index (Phi) is 7.92. The van der Waals surface area contributed by atoms with E-state index in [4.69, 9.17) is 0 Å². The molecule has 0 amide bonds. The predicted molar refractivity (Wildman–Crippen MR) is 105 cm³/mol. The number of hydrogen-bond acceptors (Lipinski definition) is 0. The second kappa shape index (κ2) is 9.70. The fourth-order valence-electron chi connectivity index (χ4n) is 2.77. The summed E-state index contributed by atoms with van der Waals surface area (Å²) in [6, 6.07) is 8.79. The van der Waals surface area contributed by atoms with Gasteiger partial charge in [-0.1, -0.05) is 75.9 Å². The molecule has 0 bridgehead atoms. The molecule has 0 N–H and O–H groups in total. The van der Waals surface area contributed by atoms with E-state index in [1.165, 1.54) is 28.7 Å². The van der Waals surface area contributed by atoms with Crippen LogP contribution in [0.2, 0.25) is 0 Å². The van der Waals surface area contributed by atoms with Crippen molar-refractivity contribution < 1.29 is 0 Å². The third kappa shape index (κ3) is 4.86. The van der Waals surface area contributed by atoms with Gasteiger partial charge in [0.15, 0.2) is 0 Å². The molecule has 23 heavy (non-hydrogen) atoms. The summed E-state index contributed by atoms with van der Waals surface area (Å²) in [5.41, 5.74) is 5.19. The van der Waals surface area contributed by atoms with Gasteiger partial charge in [-0.3, -0.25) is 0 Å². The summed E-state index contributed by atoms with van der Waals surface area (Å²) < 4.78 is 0. The summed E-state index contributed by atoms with van der Waals surface area (Å²) in [5, 5.41) is 0. The van der Waals surface area contributed by atoms with E-state index in [1.54, 1.807) is 0 Å². The molecule has 1 fully saturated rings. The van der Waals surface area contributed by atoms with Crippen LogP contribution in [0, 0.1) is 24.7 Å². The standard InChI is InChI=1S/C19H20.C2H6.C2H2/c1-3-6-14(4-2)15-7-5-8-16(11-15)17-9-10-18-13-19(18)12-17;2*1-2/h4-12,18-19H,2-3,13H2,1H3;1-2H3;1-2H/b14-6+;;. The molecular weight excluding hydrogens is 276 g/mol. The van der Waals surface area contributed by atoms with Gasteiger partial charge in [-0.05, 0) is 53.0 Å². The first-order valence-corrected chi connectivity index (χ1v) is 8.48. The number of terminal acetylenes is 1. The first-order valence-electron chi connectivity index (χ1n) is 8.48. The molecule has 3 rings (SSSR count). The molecule has 0 saturated heterocycles. The Morgan fingerprint density at radius 1 is 1.26 bits per heavy atom. The molecular formula is C23H28. The molecule has 0 spiro atoms. The van der Waals surface area contributed by atoms with E-state index in [2.05, 4.69) is 74.9 Å². The minimum atomic E-state index is 0.800. The van der Waals surface area contributed by atoms with Gasteiger partial charge < -0.3 is 0 Å². The van der Waals surface area contributed by atoms with E-state index < -0.39 is 0 Å². The zero-order valence-corrected chi connectivity index (χ0v) is 14.6. The minimum absolute atomic E-state index is 0.800. The van der Waals surface area contributed by atoms with Crippen LogP contribution in [0.4, 0.5) is 0 Å². The summed E-state index contributed by atoms with van der Waals surface area (Å²) >= 11 is 0. The van der Waals surface area contributed by atoms with Gasteiger partial charge in [0.05, 0.1) is 0 Å². The second-order valence-electron chi connectivity index (χ2n) is 5.40. The maximum absolute atomic E-state index is 4.00. The molecule has 0 aromatic heterocycles. The van der Waals surface area contributed by atoms with Crippen LogP contribution in [0.1, 0.15) is 44.7 Å². The number of fused-ring (bicyclic) bond motifs is 1. The smallest absolute Gasteiger partial charge is 0.0155 e. The average molecular weight is 304 g/mol. The van der Waals surface area contributed by atoms with Gasteiger partial charge in [0, 0.05) is 0 Å². The summed E-state index contributed by atoms with van der Waals surface area (Å²) in [6.07, 6.45) is 21.6. The Balaban J connectivity index is 0.000000615. The van der Waals surface area contributed by atoms with Crippen molar-refractivity contribution in [2.24, 2.45) is 11.8 Å². The molecule has 0 nitrogen and oxygen atoms in total. The van der Waals surface area contributed by atoms with Crippen molar-refractivity contribution in [3.63, 3.8) is 0 Å². The van der Waals surface area contributed by atoms with Crippen molar-refractivity contribution in [3.05, 3.63) is 72.4 Å². The van der Waals surface area contributed by atoms with Crippen LogP contribution in [0.25, 0.3) is 11.1 Å². The molecule has 0 aliphatic heterocycles. The van der Waals surface area contributed by atoms with Gasteiger partial charge in [0.2, 0.25) is 0 Å². The summed E-state index contributed by atoms with van der Waals surface area (Å²) in [6.45, 7) is 10.1. The lowest BCUT2D eigenvalue weighted by Crippen LogP contribution is -1.90. The van der Waals surface area contributed by atoms with Crippen LogP contribution >= 0.6 is 0 Å². The quantitative estimate of drug-likeness (QED) is 0.438. The Morgan fingerprint density at radius 2 is 2.00 bits per heavy atom. The number of hydrogen-bond donors (Lipinski definition) is 0. The van der Waals surface area contributed by atoms with E-state index in [9.17, 15) is 0 Å². The Labute approximate surface area is 142 Å². The molecule has 2 atom stereocenters. The van der Waals surface area contributed by atoms with Crippen LogP contribution in [0.3, 0.4) is 0 Å². The van der Waals surface area contributed by atoms with Crippen LogP contribution < -0.4 is 0 Å². The molecule has 1 aromatic rings. The third-order valence-electron chi connectivity index (χ3n) is 3.98. The maximum Gasteiger partial charge on any atom is -0.0155 e. The molecule has 1 saturated carbocycles. The van der Waals surface area contributed by atoms with E-state index >= 15 is 0 Å². The third-order valence-corrected chi connectivity index (χ3v) is 3.98. The second-order valence-corrected chi connectivity index (χ2v) is 5.40. The fraction of sp³-hybridized carbons (Fsp3) is 0.304. The zero-order valence-electron chi connectivity index (χ0n) is 14.6. The molecule has 2 aliphatic carbocycles. The van der Waals surface area contributed by atoms with Crippen molar-refractivity contribution in [1.82, 2.24) is 0 Å². The average Bonchev–Trinajstić information content (AvgIpc) is 3.42. The Morgan fingerprint density at radius 3 is 2.61 bits per heavy atom. The largest absolute Gasteiger partial charge is 0.124 e. The van der Waals surface area contributed by atoms with Crippen molar-refractivity contribution in [1.29, 1.82) is 0 Å². The minimum Gasteiger partial charge on any atom is -0.124 e. The summed E-state index contributed by atoms with van der Waals surface area (Å²) in [4.78, 5) is 0.